The standard InChI is InChI=1S/C31H26O6/c1-33-25-13-14-26(29(17-25)35-20-23-10-6-3-7-11-23)27(32)15-12-24-16-30-31(37-21-36-30)18-28(24)34-19-22-8-4-2-5-9-22/h2-18H,19-21H2,1H3. The van der Waals surface area contributed by atoms with Crippen molar-refractivity contribution in [1.82, 2.24) is 0 Å². The van der Waals surface area contributed by atoms with Crippen molar-refractivity contribution in [2.45, 2.75) is 13.2 Å². The summed E-state index contributed by atoms with van der Waals surface area (Å²) in [5, 5.41) is 0. The van der Waals surface area contributed by atoms with Gasteiger partial charge in [-0.3, -0.25) is 4.79 Å². The van der Waals surface area contributed by atoms with E-state index < -0.39 is 0 Å². The molecule has 0 saturated carbocycles. The predicted molar refractivity (Wildman–Crippen MR) is 140 cm³/mol. The van der Waals surface area contributed by atoms with E-state index in [1.807, 2.05) is 66.7 Å². The number of benzene rings is 4. The van der Waals surface area contributed by atoms with E-state index in [2.05, 4.69) is 0 Å². The monoisotopic (exact) mass is 494 g/mol. The second-order valence-electron chi connectivity index (χ2n) is 8.35. The van der Waals surface area contributed by atoms with Crippen molar-refractivity contribution in [3.63, 3.8) is 0 Å². The first-order chi connectivity index (χ1) is 18.2. The van der Waals surface area contributed by atoms with Crippen molar-refractivity contribution in [3.8, 4) is 28.7 Å². The Kier molecular flexibility index (Phi) is 7.36. The number of carbonyl (C=O) groups is 1. The molecule has 1 heterocycles. The number of carbonyl (C=O) groups excluding carboxylic acids is 1. The van der Waals surface area contributed by atoms with Crippen LogP contribution >= 0.6 is 0 Å². The van der Waals surface area contributed by atoms with Crippen LogP contribution in [0.2, 0.25) is 0 Å². The number of methoxy groups -OCH3 is 1. The van der Waals surface area contributed by atoms with E-state index in [4.69, 9.17) is 23.7 Å². The van der Waals surface area contributed by atoms with Crippen molar-refractivity contribution in [3.05, 3.63) is 119 Å². The van der Waals surface area contributed by atoms with Crippen LogP contribution in [0, 0.1) is 0 Å². The van der Waals surface area contributed by atoms with E-state index in [9.17, 15) is 4.79 Å². The Balaban J connectivity index is 1.38. The topological polar surface area (TPSA) is 63.2 Å². The molecule has 5 rings (SSSR count). The SMILES string of the molecule is COc1ccc(C(=O)C=Cc2cc3c(cc2OCc2ccccc2)OCO3)c(OCc2ccccc2)c1. The number of ketones is 1. The van der Waals surface area contributed by atoms with Crippen LogP contribution in [0.25, 0.3) is 6.08 Å². The summed E-state index contributed by atoms with van der Waals surface area (Å²) in [6.45, 7) is 0.858. The third kappa shape index (κ3) is 5.93. The summed E-state index contributed by atoms with van der Waals surface area (Å²) in [7, 11) is 1.58. The summed E-state index contributed by atoms with van der Waals surface area (Å²) in [5.74, 6) is 2.65. The van der Waals surface area contributed by atoms with E-state index in [0.717, 1.165) is 11.1 Å². The minimum atomic E-state index is -0.211. The van der Waals surface area contributed by atoms with Crippen LogP contribution in [-0.2, 0) is 13.2 Å². The Morgan fingerprint density at radius 1 is 0.784 bits per heavy atom. The number of hydrogen-bond donors (Lipinski definition) is 0. The van der Waals surface area contributed by atoms with E-state index >= 15 is 0 Å². The van der Waals surface area contributed by atoms with Crippen LogP contribution in [0.5, 0.6) is 28.7 Å². The van der Waals surface area contributed by atoms with Gasteiger partial charge in [-0.05, 0) is 41.5 Å². The number of rotatable bonds is 10. The zero-order valence-corrected chi connectivity index (χ0v) is 20.4. The van der Waals surface area contributed by atoms with Gasteiger partial charge in [0.1, 0.15) is 30.5 Å². The Bertz CT molecular complexity index is 1400. The second kappa shape index (κ2) is 11.4. The molecular weight excluding hydrogens is 468 g/mol. The van der Waals surface area contributed by atoms with Crippen molar-refractivity contribution < 1.29 is 28.5 Å². The molecule has 0 amide bonds. The minimum absolute atomic E-state index is 0.146. The summed E-state index contributed by atoms with van der Waals surface area (Å²) in [6.07, 6.45) is 3.22. The van der Waals surface area contributed by atoms with E-state index in [0.29, 0.717) is 53.1 Å². The Hall–Kier alpha value is -4.71. The highest BCUT2D eigenvalue weighted by atomic mass is 16.7. The fourth-order valence-corrected chi connectivity index (χ4v) is 3.87. The molecule has 1 aliphatic rings. The maximum Gasteiger partial charge on any atom is 0.231 e. The molecule has 0 N–H and O–H groups in total. The van der Waals surface area contributed by atoms with Gasteiger partial charge >= 0.3 is 0 Å². The van der Waals surface area contributed by atoms with Gasteiger partial charge in [0.05, 0.1) is 12.7 Å². The first kappa shape index (κ1) is 24.0. The summed E-state index contributed by atoms with van der Waals surface area (Å²) < 4.78 is 28.5. The largest absolute Gasteiger partial charge is 0.497 e. The molecule has 0 unspecified atom stereocenters. The van der Waals surface area contributed by atoms with E-state index in [1.54, 1.807) is 37.5 Å². The van der Waals surface area contributed by atoms with Gasteiger partial charge in [0.15, 0.2) is 17.3 Å². The molecule has 0 aromatic heterocycles. The zero-order chi connectivity index (χ0) is 25.5. The molecule has 4 aromatic rings. The van der Waals surface area contributed by atoms with Gasteiger partial charge in [0, 0.05) is 17.7 Å². The van der Waals surface area contributed by atoms with Crippen LogP contribution in [-0.4, -0.2) is 19.7 Å². The first-order valence-corrected chi connectivity index (χ1v) is 11.9. The molecule has 0 spiro atoms. The van der Waals surface area contributed by atoms with Gasteiger partial charge < -0.3 is 23.7 Å². The fraction of sp³-hybridized carbons (Fsp3) is 0.129. The van der Waals surface area contributed by atoms with Crippen LogP contribution in [0.4, 0.5) is 0 Å². The van der Waals surface area contributed by atoms with Crippen molar-refractivity contribution in [1.29, 1.82) is 0 Å². The molecule has 6 heteroatoms. The van der Waals surface area contributed by atoms with Crippen LogP contribution in [0.1, 0.15) is 27.0 Å². The van der Waals surface area contributed by atoms with Gasteiger partial charge in [0.25, 0.3) is 0 Å². The lowest BCUT2D eigenvalue weighted by atomic mass is 10.1. The third-order valence-electron chi connectivity index (χ3n) is 5.85. The molecule has 0 bridgehead atoms. The molecule has 1 aliphatic heterocycles. The van der Waals surface area contributed by atoms with Crippen molar-refractivity contribution in [2.24, 2.45) is 0 Å². The quantitative estimate of drug-likeness (QED) is 0.186. The molecule has 0 fully saturated rings. The molecule has 0 saturated heterocycles. The zero-order valence-electron chi connectivity index (χ0n) is 20.4. The smallest absolute Gasteiger partial charge is 0.231 e. The highest BCUT2D eigenvalue weighted by Crippen LogP contribution is 2.39. The average Bonchev–Trinajstić information content (AvgIpc) is 3.41. The molecule has 6 nitrogen and oxygen atoms in total. The summed E-state index contributed by atoms with van der Waals surface area (Å²) in [5.41, 5.74) is 3.17. The molecular formula is C31H26O6. The lowest BCUT2D eigenvalue weighted by molar-refractivity contribution is 0.104. The van der Waals surface area contributed by atoms with Crippen molar-refractivity contribution in [2.75, 3.05) is 13.9 Å². The van der Waals surface area contributed by atoms with E-state index in [1.165, 1.54) is 6.08 Å². The predicted octanol–water partition coefficient (Wildman–Crippen LogP) is 6.48. The third-order valence-corrected chi connectivity index (χ3v) is 5.85. The average molecular weight is 495 g/mol. The summed E-state index contributed by atoms with van der Waals surface area (Å²) >= 11 is 0. The molecule has 37 heavy (non-hydrogen) atoms. The van der Waals surface area contributed by atoms with Gasteiger partial charge in [-0.15, -0.1) is 0 Å². The normalized spacial score (nSPS) is 11.9. The maximum atomic E-state index is 13.3. The summed E-state index contributed by atoms with van der Waals surface area (Å²) in [6, 6.07) is 28.4. The van der Waals surface area contributed by atoms with E-state index in [-0.39, 0.29) is 12.6 Å². The Morgan fingerprint density at radius 2 is 1.41 bits per heavy atom. The number of hydrogen-bond acceptors (Lipinski definition) is 6. The van der Waals surface area contributed by atoms with Crippen molar-refractivity contribution >= 4 is 11.9 Å². The van der Waals surface area contributed by atoms with Gasteiger partial charge in [0.2, 0.25) is 6.79 Å². The minimum Gasteiger partial charge on any atom is -0.497 e. The summed E-state index contributed by atoms with van der Waals surface area (Å²) in [4.78, 5) is 13.3. The number of fused-ring (bicyclic) bond motifs is 1. The van der Waals surface area contributed by atoms with Crippen LogP contribution < -0.4 is 23.7 Å². The molecule has 4 aromatic carbocycles. The lowest BCUT2D eigenvalue weighted by Crippen LogP contribution is -2.03. The highest BCUT2D eigenvalue weighted by molar-refractivity contribution is 6.09. The lowest BCUT2D eigenvalue weighted by Gasteiger charge is -2.12. The fourth-order valence-electron chi connectivity index (χ4n) is 3.87. The maximum absolute atomic E-state index is 13.3. The molecule has 0 atom stereocenters. The number of allylic oxidation sites excluding steroid dienone is 1. The molecule has 0 radical (unpaired) electrons. The van der Waals surface area contributed by atoms with Gasteiger partial charge in [-0.2, -0.15) is 0 Å². The Labute approximate surface area is 215 Å². The van der Waals surface area contributed by atoms with Gasteiger partial charge in [-0.25, -0.2) is 0 Å². The molecule has 0 aliphatic carbocycles. The van der Waals surface area contributed by atoms with Crippen LogP contribution in [0.3, 0.4) is 0 Å². The van der Waals surface area contributed by atoms with Crippen LogP contribution in [0.15, 0.2) is 97.1 Å². The van der Waals surface area contributed by atoms with Gasteiger partial charge in [-0.1, -0.05) is 60.7 Å². The Morgan fingerprint density at radius 3 is 2.05 bits per heavy atom. The second-order valence-corrected chi connectivity index (χ2v) is 8.35. The number of ether oxygens (including phenoxy) is 5. The molecule has 186 valence electrons. The highest BCUT2D eigenvalue weighted by Gasteiger charge is 2.18. The first-order valence-electron chi connectivity index (χ1n) is 11.9.